The second-order valence-corrected chi connectivity index (χ2v) is 12.4. The van der Waals surface area contributed by atoms with E-state index in [1.165, 1.54) is 28.7 Å². The first-order chi connectivity index (χ1) is 18.4. The van der Waals surface area contributed by atoms with Gasteiger partial charge in [0.2, 0.25) is 0 Å². The number of likely N-dealkylation sites (N-methyl/N-ethyl adjacent to an activating group) is 1. The Hall–Kier alpha value is -3.46. The molecule has 0 spiro atoms. The van der Waals surface area contributed by atoms with E-state index in [-0.39, 0.29) is 22.5 Å². The second kappa shape index (κ2) is 9.69. The minimum Gasteiger partial charge on any atom is -0.347 e. The molecule has 0 amide bonds. The highest BCUT2D eigenvalue weighted by Crippen LogP contribution is 2.46. The number of nitrogens with zero attached hydrogens (tertiary/aromatic N) is 3. The van der Waals surface area contributed by atoms with Crippen LogP contribution in [0.3, 0.4) is 0 Å². The Bertz CT molecular complexity index is 1750. The Morgan fingerprint density at radius 3 is 2.53 bits per heavy atom. The van der Waals surface area contributed by atoms with Gasteiger partial charge in [0, 0.05) is 45.7 Å². The third kappa shape index (κ3) is 4.13. The zero-order valence-electron chi connectivity index (χ0n) is 21.2. The van der Waals surface area contributed by atoms with Crippen molar-refractivity contribution < 1.29 is 4.79 Å². The summed E-state index contributed by atoms with van der Waals surface area (Å²) in [6.07, 6.45) is 1.75. The van der Waals surface area contributed by atoms with Gasteiger partial charge in [0.05, 0.1) is 16.8 Å². The largest absolute Gasteiger partial charge is 0.347 e. The lowest BCUT2D eigenvalue weighted by Crippen LogP contribution is -2.24. The van der Waals surface area contributed by atoms with Gasteiger partial charge in [-0.15, -0.1) is 22.7 Å². The van der Waals surface area contributed by atoms with Crippen LogP contribution in [0.1, 0.15) is 19.4 Å². The molecule has 0 fully saturated rings. The van der Waals surface area contributed by atoms with Crippen molar-refractivity contribution in [2.75, 3.05) is 17.7 Å². The van der Waals surface area contributed by atoms with Crippen molar-refractivity contribution >= 4 is 56.1 Å². The molecule has 0 saturated heterocycles. The molecule has 0 bridgehead atoms. The fourth-order valence-electron chi connectivity index (χ4n) is 5.08. The monoisotopic (exact) mass is 555 g/mol. The molecule has 2 aromatic carbocycles. The molecule has 0 N–H and O–H groups in total. The van der Waals surface area contributed by atoms with Gasteiger partial charge in [0.25, 0.3) is 5.56 Å². The number of thiophene rings is 2. The maximum absolute atomic E-state index is 13.9. The van der Waals surface area contributed by atoms with Crippen molar-refractivity contribution in [1.82, 2.24) is 9.55 Å². The summed E-state index contributed by atoms with van der Waals surface area (Å²) in [6, 6.07) is 21.8. The summed E-state index contributed by atoms with van der Waals surface area (Å²) in [5.74, 6) is 0.162. The summed E-state index contributed by atoms with van der Waals surface area (Å²) in [6.45, 7) is 4.29. The number of ketones is 1. The molecule has 1 aliphatic heterocycles. The molecule has 1 aliphatic rings. The number of fused-ring (bicyclic) bond motifs is 2. The van der Waals surface area contributed by atoms with Gasteiger partial charge in [0.1, 0.15) is 4.83 Å². The predicted octanol–water partition coefficient (Wildman–Crippen LogP) is 7.15. The number of para-hydroxylation sites is 2. The number of carbonyl (C=O) groups excluding carboxylic acids is 1. The van der Waals surface area contributed by atoms with E-state index in [1.807, 2.05) is 72.4 Å². The van der Waals surface area contributed by atoms with Crippen LogP contribution in [0.2, 0.25) is 0 Å². The molecule has 0 radical (unpaired) electrons. The van der Waals surface area contributed by atoms with Crippen molar-refractivity contribution in [1.29, 1.82) is 0 Å². The minimum atomic E-state index is -0.274. The van der Waals surface area contributed by atoms with E-state index in [9.17, 15) is 9.59 Å². The fourth-order valence-corrected chi connectivity index (χ4v) is 7.71. The third-order valence-electron chi connectivity index (χ3n) is 6.96. The Kier molecular flexibility index (Phi) is 6.34. The highest BCUT2D eigenvalue weighted by molar-refractivity contribution is 7.99. The molecule has 4 heterocycles. The van der Waals surface area contributed by atoms with E-state index in [1.54, 1.807) is 22.0 Å². The number of hydrogen-bond acceptors (Lipinski definition) is 7. The number of hydrogen-bond donors (Lipinski definition) is 0. The van der Waals surface area contributed by atoms with Crippen LogP contribution in [-0.4, -0.2) is 28.1 Å². The van der Waals surface area contributed by atoms with E-state index in [0.717, 1.165) is 27.5 Å². The van der Waals surface area contributed by atoms with Crippen molar-refractivity contribution in [2.24, 2.45) is 0 Å². The number of rotatable bonds is 6. The van der Waals surface area contributed by atoms with E-state index >= 15 is 0 Å². The van der Waals surface area contributed by atoms with Gasteiger partial charge in [-0.25, -0.2) is 4.98 Å². The maximum Gasteiger partial charge on any atom is 0.268 e. The van der Waals surface area contributed by atoms with E-state index < -0.39 is 0 Å². The molecular formula is C30H25N3O2S3. The highest BCUT2D eigenvalue weighted by Gasteiger charge is 2.38. The molecule has 0 atom stereocenters. The summed E-state index contributed by atoms with van der Waals surface area (Å²) in [5, 5.41) is 5.14. The van der Waals surface area contributed by atoms with Crippen LogP contribution >= 0.6 is 34.4 Å². The van der Waals surface area contributed by atoms with Gasteiger partial charge in [-0.3, -0.25) is 14.2 Å². The van der Waals surface area contributed by atoms with Crippen LogP contribution in [0.5, 0.6) is 0 Å². The Labute approximate surface area is 233 Å². The van der Waals surface area contributed by atoms with Crippen LogP contribution in [0, 0.1) is 0 Å². The lowest BCUT2D eigenvalue weighted by atomic mass is 9.83. The van der Waals surface area contributed by atoms with Gasteiger partial charge in [-0.2, -0.15) is 0 Å². The first-order valence-electron chi connectivity index (χ1n) is 12.2. The average Bonchev–Trinajstić information content (AvgIpc) is 3.64. The first kappa shape index (κ1) is 24.9. The standard InChI is InChI=1S/C30H25N3O2S3/c1-30(2)22-12-7-8-13-23(22)32(3)25(30)16-20(34)17-38-29-31-27-26(21(18-37-27)24-14-9-15-36-24)28(35)33(29)19-10-5-4-6-11-19/h4-16,18H,17H2,1-3H3. The van der Waals surface area contributed by atoms with E-state index in [0.29, 0.717) is 15.4 Å². The molecule has 5 aromatic rings. The third-order valence-corrected chi connectivity index (χ3v) is 9.70. The summed E-state index contributed by atoms with van der Waals surface area (Å²) < 4.78 is 1.64. The highest BCUT2D eigenvalue weighted by atomic mass is 32.2. The number of allylic oxidation sites excluding steroid dienone is 2. The Morgan fingerprint density at radius 1 is 1.03 bits per heavy atom. The van der Waals surface area contributed by atoms with E-state index in [4.69, 9.17) is 4.98 Å². The molecule has 3 aromatic heterocycles. The van der Waals surface area contributed by atoms with Crippen LogP contribution < -0.4 is 10.5 Å². The second-order valence-electron chi connectivity index (χ2n) is 9.66. The quantitative estimate of drug-likeness (QED) is 0.127. The molecule has 5 nitrogen and oxygen atoms in total. The first-order valence-corrected chi connectivity index (χ1v) is 15.0. The van der Waals surface area contributed by atoms with Gasteiger partial charge in [-0.1, -0.05) is 68.1 Å². The number of aromatic nitrogens is 2. The SMILES string of the molecule is CN1C(=CC(=O)CSc2nc3scc(-c4cccs4)c3c(=O)n2-c2ccccc2)C(C)(C)c2ccccc21. The number of thioether (sulfide) groups is 1. The van der Waals surface area contributed by atoms with E-state index in [2.05, 4.69) is 30.9 Å². The van der Waals surface area contributed by atoms with Crippen LogP contribution in [0.4, 0.5) is 5.69 Å². The smallest absolute Gasteiger partial charge is 0.268 e. The molecule has 6 rings (SSSR count). The van der Waals surface area contributed by atoms with Crippen molar-refractivity contribution in [3.8, 4) is 16.1 Å². The van der Waals surface area contributed by atoms with Gasteiger partial charge in [-0.05, 0) is 35.2 Å². The number of carbonyl (C=O) groups is 1. The van der Waals surface area contributed by atoms with Gasteiger partial charge in [0.15, 0.2) is 10.9 Å². The summed E-state index contributed by atoms with van der Waals surface area (Å²) in [4.78, 5) is 35.9. The zero-order valence-corrected chi connectivity index (χ0v) is 23.6. The summed E-state index contributed by atoms with van der Waals surface area (Å²) >= 11 is 4.37. The normalized spacial score (nSPS) is 15.3. The summed E-state index contributed by atoms with van der Waals surface area (Å²) in [5.41, 5.74) is 4.54. The number of benzene rings is 2. The lowest BCUT2D eigenvalue weighted by molar-refractivity contribution is -0.112. The molecule has 190 valence electrons. The van der Waals surface area contributed by atoms with Crippen LogP contribution in [-0.2, 0) is 10.2 Å². The Balaban J connectivity index is 1.37. The molecular weight excluding hydrogens is 531 g/mol. The van der Waals surface area contributed by atoms with Crippen molar-refractivity contribution in [3.63, 3.8) is 0 Å². The molecule has 0 saturated carbocycles. The lowest BCUT2D eigenvalue weighted by Gasteiger charge is -2.24. The molecule has 0 aliphatic carbocycles. The van der Waals surface area contributed by atoms with Crippen molar-refractivity contribution in [2.45, 2.75) is 24.4 Å². The maximum atomic E-state index is 13.9. The average molecular weight is 556 g/mol. The minimum absolute atomic E-state index is 0.0165. The molecule has 0 unspecified atom stereocenters. The fraction of sp³-hybridized carbons (Fsp3) is 0.167. The molecule has 38 heavy (non-hydrogen) atoms. The van der Waals surface area contributed by atoms with Gasteiger partial charge < -0.3 is 4.90 Å². The Morgan fingerprint density at radius 2 is 1.79 bits per heavy atom. The number of anilines is 1. The van der Waals surface area contributed by atoms with Crippen LogP contribution in [0.25, 0.3) is 26.3 Å². The van der Waals surface area contributed by atoms with Gasteiger partial charge >= 0.3 is 0 Å². The molecule has 8 heteroatoms. The predicted molar refractivity (Wildman–Crippen MR) is 160 cm³/mol. The zero-order chi connectivity index (χ0) is 26.4. The summed E-state index contributed by atoms with van der Waals surface area (Å²) in [7, 11) is 2.00. The topological polar surface area (TPSA) is 55.2 Å². The van der Waals surface area contributed by atoms with Crippen LogP contribution in [0.15, 0.2) is 99.2 Å². The van der Waals surface area contributed by atoms with Crippen molar-refractivity contribution in [3.05, 3.63) is 105 Å².